The Morgan fingerprint density at radius 2 is 1.71 bits per heavy atom. The minimum Gasteiger partial charge on any atom is -0.462 e. The van der Waals surface area contributed by atoms with Crippen molar-refractivity contribution in [2.24, 2.45) is 23.7 Å². The van der Waals surface area contributed by atoms with E-state index >= 15 is 0 Å². The van der Waals surface area contributed by atoms with Gasteiger partial charge in [-0.1, -0.05) is 38.5 Å². The number of aliphatic hydroxyl groups excluding tert-OH is 5. The predicted molar refractivity (Wildman–Crippen MR) is 156 cm³/mol. The van der Waals surface area contributed by atoms with Crippen LogP contribution in [0.3, 0.4) is 0 Å². The van der Waals surface area contributed by atoms with Crippen LogP contribution in [0.2, 0.25) is 0 Å². The maximum atomic E-state index is 13.1. The Bertz CT molecular complexity index is 923. The van der Waals surface area contributed by atoms with Gasteiger partial charge >= 0.3 is 5.97 Å². The summed E-state index contributed by atoms with van der Waals surface area (Å²) in [5.74, 6) is -2.88. The number of likely N-dealkylation sites (N-methyl/N-ethyl adjacent to an activating group) is 1. The Labute approximate surface area is 250 Å². The molecule has 1 fully saturated rings. The van der Waals surface area contributed by atoms with E-state index in [1.807, 2.05) is 6.92 Å². The lowest BCUT2D eigenvalue weighted by atomic mass is 9.79. The van der Waals surface area contributed by atoms with Crippen LogP contribution in [-0.2, 0) is 23.8 Å². The average molecular weight is 600 g/mol. The van der Waals surface area contributed by atoms with Gasteiger partial charge in [0.15, 0.2) is 12.1 Å². The largest absolute Gasteiger partial charge is 0.462 e. The Hall–Kier alpha value is -1.70. The Balaban J connectivity index is 2.51. The van der Waals surface area contributed by atoms with E-state index in [-0.39, 0.29) is 31.8 Å². The fourth-order valence-electron chi connectivity index (χ4n) is 6.02. The minimum atomic E-state index is -1.24. The molecule has 0 amide bonds. The van der Waals surface area contributed by atoms with E-state index in [2.05, 4.69) is 0 Å². The van der Waals surface area contributed by atoms with Crippen LogP contribution in [0.4, 0.5) is 0 Å². The lowest BCUT2D eigenvalue weighted by molar-refractivity contribution is -0.304. The molecule has 242 valence electrons. The predicted octanol–water partition coefficient (Wildman–Crippen LogP) is 1.20. The normalized spacial score (nSPS) is 39.7. The van der Waals surface area contributed by atoms with Gasteiger partial charge in [-0.15, -0.1) is 0 Å². The second kappa shape index (κ2) is 17.0. The second-order valence-electron chi connectivity index (χ2n) is 12.2. The number of nitrogens with zero attached hydrogens (tertiary/aromatic N) is 1. The Morgan fingerprint density at radius 1 is 1.05 bits per heavy atom. The molecule has 11 heteroatoms. The van der Waals surface area contributed by atoms with Crippen molar-refractivity contribution >= 4 is 11.8 Å². The van der Waals surface area contributed by atoms with Crippen LogP contribution in [-0.4, -0.2) is 118 Å². The third kappa shape index (κ3) is 9.65. The highest BCUT2D eigenvalue weighted by Crippen LogP contribution is 2.34. The van der Waals surface area contributed by atoms with Crippen LogP contribution in [0.15, 0.2) is 23.8 Å². The molecule has 12 unspecified atom stereocenters. The number of carbonyl (C=O) groups is 2. The maximum Gasteiger partial charge on any atom is 0.308 e. The van der Waals surface area contributed by atoms with Gasteiger partial charge in [-0.25, -0.2) is 0 Å². The summed E-state index contributed by atoms with van der Waals surface area (Å²) >= 11 is 0. The van der Waals surface area contributed by atoms with E-state index in [4.69, 9.17) is 14.2 Å². The Kier molecular flexibility index (Phi) is 14.7. The average Bonchev–Trinajstić information content (AvgIpc) is 2.93. The summed E-state index contributed by atoms with van der Waals surface area (Å²) in [4.78, 5) is 27.8. The first-order valence-electron chi connectivity index (χ1n) is 15.1. The zero-order valence-corrected chi connectivity index (χ0v) is 26.1. The van der Waals surface area contributed by atoms with Crippen LogP contribution >= 0.6 is 0 Å². The summed E-state index contributed by atoms with van der Waals surface area (Å²) in [7, 11) is 3.46. The van der Waals surface area contributed by atoms with Crippen LogP contribution in [0.25, 0.3) is 0 Å². The van der Waals surface area contributed by atoms with Crippen molar-refractivity contribution in [2.45, 2.75) is 109 Å². The van der Waals surface area contributed by atoms with E-state index in [1.54, 1.807) is 58.8 Å². The number of rotatable bonds is 7. The van der Waals surface area contributed by atoms with Crippen molar-refractivity contribution in [3.63, 3.8) is 0 Å². The topological polar surface area (TPSA) is 166 Å². The number of carbonyl (C=O) groups excluding carboxylic acids is 2. The molecule has 0 radical (unpaired) electrons. The van der Waals surface area contributed by atoms with E-state index in [1.165, 1.54) is 6.08 Å². The third-order valence-electron chi connectivity index (χ3n) is 8.66. The lowest BCUT2D eigenvalue weighted by Gasteiger charge is -2.46. The zero-order chi connectivity index (χ0) is 31.7. The fraction of sp³-hybridized carbons (Fsp3) is 0.806. The molecular weight excluding hydrogens is 546 g/mol. The second-order valence-corrected chi connectivity index (χ2v) is 12.2. The van der Waals surface area contributed by atoms with Crippen molar-refractivity contribution in [1.82, 2.24) is 4.90 Å². The molecule has 2 heterocycles. The van der Waals surface area contributed by atoms with Gasteiger partial charge in [-0.05, 0) is 59.2 Å². The number of ether oxygens (including phenoxy) is 3. The van der Waals surface area contributed by atoms with Gasteiger partial charge in [0.2, 0.25) is 0 Å². The maximum absolute atomic E-state index is 13.1. The monoisotopic (exact) mass is 599 g/mol. The van der Waals surface area contributed by atoms with Crippen LogP contribution < -0.4 is 0 Å². The summed E-state index contributed by atoms with van der Waals surface area (Å²) in [5.41, 5.74) is 0.730. The number of aliphatic hydroxyl groups is 5. The quantitative estimate of drug-likeness (QED) is 0.267. The SMILES string of the molecule is CCC1OC(=O)CC(O)C(C)C(OC2OC(C)C(O)C(N(C)C)C2O)C(CCO)CC(C)C(=O)C=CC(C)=CC1CO. The lowest BCUT2D eigenvalue weighted by Crippen LogP contribution is -2.63. The Morgan fingerprint density at radius 3 is 2.29 bits per heavy atom. The summed E-state index contributed by atoms with van der Waals surface area (Å²) in [6.07, 6.45) is -1.22. The van der Waals surface area contributed by atoms with Crippen LogP contribution in [0.1, 0.15) is 60.3 Å². The molecule has 12 atom stereocenters. The molecule has 0 aromatic heterocycles. The fourth-order valence-corrected chi connectivity index (χ4v) is 6.02. The van der Waals surface area contributed by atoms with E-state index in [0.29, 0.717) is 12.8 Å². The number of allylic oxidation sites excluding steroid dienone is 3. The van der Waals surface area contributed by atoms with Gasteiger partial charge in [0, 0.05) is 24.4 Å². The van der Waals surface area contributed by atoms with Gasteiger partial charge in [-0.3, -0.25) is 9.59 Å². The molecule has 0 spiro atoms. The highest BCUT2D eigenvalue weighted by molar-refractivity contribution is 5.91. The summed E-state index contributed by atoms with van der Waals surface area (Å²) in [6.45, 7) is 8.33. The third-order valence-corrected chi connectivity index (χ3v) is 8.66. The van der Waals surface area contributed by atoms with Gasteiger partial charge in [0.05, 0.1) is 43.5 Å². The first-order valence-corrected chi connectivity index (χ1v) is 15.1. The summed E-state index contributed by atoms with van der Waals surface area (Å²) in [6, 6.07) is -0.691. The zero-order valence-electron chi connectivity index (χ0n) is 26.1. The van der Waals surface area contributed by atoms with E-state index < -0.39 is 78.6 Å². The van der Waals surface area contributed by atoms with Crippen LogP contribution in [0, 0.1) is 23.7 Å². The molecule has 0 aromatic rings. The molecule has 0 saturated carbocycles. The number of hydrogen-bond donors (Lipinski definition) is 5. The number of cyclic esters (lactones) is 1. The van der Waals surface area contributed by atoms with Crippen molar-refractivity contribution < 1.29 is 49.3 Å². The molecule has 0 aliphatic carbocycles. The van der Waals surface area contributed by atoms with Gasteiger partial charge in [-0.2, -0.15) is 0 Å². The van der Waals surface area contributed by atoms with Crippen molar-refractivity contribution in [1.29, 1.82) is 0 Å². The highest BCUT2D eigenvalue weighted by atomic mass is 16.7. The summed E-state index contributed by atoms with van der Waals surface area (Å²) < 4.78 is 18.0. The van der Waals surface area contributed by atoms with Gasteiger partial charge < -0.3 is 44.6 Å². The molecule has 2 aliphatic heterocycles. The molecule has 42 heavy (non-hydrogen) atoms. The number of ketones is 1. The van der Waals surface area contributed by atoms with Crippen molar-refractivity contribution in [3.05, 3.63) is 23.8 Å². The molecule has 5 N–H and O–H groups in total. The molecule has 2 rings (SSSR count). The van der Waals surface area contributed by atoms with E-state index in [0.717, 1.165) is 5.57 Å². The molecule has 11 nitrogen and oxygen atoms in total. The molecule has 1 saturated heterocycles. The molecule has 2 aliphatic rings. The number of hydrogen-bond acceptors (Lipinski definition) is 11. The summed E-state index contributed by atoms with van der Waals surface area (Å²) in [5, 5.41) is 53.0. The first-order chi connectivity index (χ1) is 19.7. The molecular formula is C31H53NO10. The van der Waals surface area contributed by atoms with Crippen LogP contribution in [0.5, 0.6) is 0 Å². The van der Waals surface area contributed by atoms with E-state index in [9.17, 15) is 35.1 Å². The minimum absolute atomic E-state index is 0.137. The number of esters is 1. The molecule has 0 aromatic carbocycles. The first kappa shape index (κ1) is 36.5. The molecule has 0 bridgehead atoms. The van der Waals surface area contributed by atoms with Gasteiger partial charge in [0.1, 0.15) is 12.2 Å². The smallest absolute Gasteiger partial charge is 0.308 e. The van der Waals surface area contributed by atoms with Crippen molar-refractivity contribution in [2.75, 3.05) is 27.3 Å². The van der Waals surface area contributed by atoms with Crippen molar-refractivity contribution in [3.8, 4) is 0 Å². The standard InChI is InChI=1S/C31H53NO10/c1-8-25-22(16-34)13-17(2)9-10-23(35)18(3)14-21(11-12-33)30(19(4)24(36)15-26(37)41-25)42-31-29(39)27(32(6)7)28(38)20(5)40-31/h9-10,13,18-22,24-25,27-31,33-34,36,38-39H,8,11-12,14-16H2,1-7H3. The highest BCUT2D eigenvalue weighted by Gasteiger charge is 2.47. The van der Waals surface area contributed by atoms with Gasteiger partial charge in [0.25, 0.3) is 0 Å².